The highest BCUT2D eigenvalue weighted by molar-refractivity contribution is 5.95. The molecule has 2 N–H and O–H groups in total. The van der Waals surface area contributed by atoms with E-state index < -0.39 is 0 Å². The van der Waals surface area contributed by atoms with Gasteiger partial charge in [0.05, 0.1) is 6.61 Å². The number of benzene rings is 1. The lowest BCUT2D eigenvalue weighted by molar-refractivity contribution is -0.125. The van der Waals surface area contributed by atoms with Crippen molar-refractivity contribution in [2.75, 3.05) is 11.9 Å². The first-order chi connectivity index (χ1) is 10.2. The maximum atomic E-state index is 12.6. The van der Waals surface area contributed by atoms with Crippen LogP contribution in [-0.2, 0) is 4.79 Å². The Kier molecular flexibility index (Phi) is 5.41. The monoisotopic (exact) mass is 285 g/mol. The second kappa shape index (κ2) is 7.28. The molecule has 1 amide bonds. The summed E-state index contributed by atoms with van der Waals surface area (Å²) in [6.45, 7) is 2.17. The highest BCUT2D eigenvalue weighted by Crippen LogP contribution is 2.41. The van der Waals surface area contributed by atoms with Gasteiger partial charge in [0.15, 0.2) is 0 Å². The van der Waals surface area contributed by atoms with Gasteiger partial charge in [0.2, 0.25) is 5.91 Å². The lowest BCUT2D eigenvalue weighted by Crippen LogP contribution is -2.33. The van der Waals surface area contributed by atoms with Crippen molar-refractivity contribution in [1.29, 1.82) is 0 Å². The molecule has 0 saturated heterocycles. The zero-order valence-corrected chi connectivity index (χ0v) is 12.6. The largest absolute Gasteiger partial charge is 0.395 e. The van der Waals surface area contributed by atoms with E-state index in [9.17, 15) is 4.79 Å². The van der Waals surface area contributed by atoms with Crippen LogP contribution in [0.15, 0.2) is 24.3 Å². The molecule has 1 aromatic rings. The molecule has 21 heavy (non-hydrogen) atoms. The highest BCUT2D eigenvalue weighted by Gasteiger charge is 2.39. The Labute approximate surface area is 126 Å². The van der Waals surface area contributed by atoms with Crippen LogP contribution in [-0.4, -0.2) is 17.6 Å². The van der Waals surface area contributed by atoms with E-state index >= 15 is 0 Å². The van der Waals surface area contributed by atoms with Crippen LogP contribution in [0.2, 0.25) is 0 Å². The molecule has 0 atom stereocenters. The SMILES string of the molecule is CCC1(C(=O)Nc2cccc(C#CCCO)c2)CCCC1. The van der Waals surface area contributed by atoms with Crippen molar-refractivity contribution < 1.29 is 9.90 Å². The molecule has 0 aromatic heterocycles. The summed E-state index contributed by atoms with van der Waals surface area (Å²) in [5.74, 6) is 6.03. The topological polar surface area (TPSA) is 49.3 Å². The van der Waals surface area contributed by atoms with Crippen LogP contribution >= 0.6 is 0 Å². The third-order valence-electron chi connectivity index (χ3n) is 4.31. The average molecular weight is 285 g/mol. The van der Waals surface area contributed by atoms with Crippen molar-refractivity contribution in [1.82, 2.24) is 0 Å². The number of aliphatic hydroxyl groups excluding tert-OH is 1. The summed E-state index contributed by atoms with van der Waals surface area (Å²) in [4.78, 5) is 12.6. The highest BCUT2D eigenvalue weighted by atomic mass is 16.2. The molecular weight excluding hydrogens is 262 g/mol. The molecule has 1 saturated carbocycles. The molecule has 0 bridgehead atoms. The van der Waals surface area contributed by atoms with Crippen LogP contribution in [0, 0.1) is 17.3 Å². The second-order valence-electron chi connectivity index (χ2n) is 5.65. The molecule has 1 aromatic carbocycles. The van der Waals surface area contributed by atoms with Crippen molar-refractivity contribution in [2.24, 2.45) is 5.41 Å². The van der Waals surface area contributed by atoms with E-state index in [2.05, 4.69) is 24.1 Å². The number of carbonyl (C=O) groups excluding carboxylic acids is 1. The van der Waals surface area contributed by atoms with E-state index in [1.54, 1.807) is 0 Å². The second-order valence-corrected chi connectivity index (χ2v) is 5.65. The van der Waals surface area contributed by atoms with E-state index in [1.807, 2.05) is 24.3 Å². The Hall–Kier alpha value is -1.79. The van der Waals surface area contributed by atoms with Crippen LogP contribution in [0.4, 0.5) is 5.69 Å². The molecule has 0 aliphatic heterocycles. The van der Waals surface area contributed by atoms with Crippen LogP contribution in [0.3, 0.4) is 0 Å². The van der Waals surface area contributed by atoms with E-state index in [1.165, 1.54) is 0 Å². The summed E-state index contributed by atoms with van der Waals surface area (Å²) in [6, 6.07) is 7.59. The normalized spacial score (nSPS) is 16.1. The number of rotatable bonds is 4. The average Bonchev–Trinajstić information content (AvgIpc) is 2.98. The van der Waals surface area contributed by atoms with Crippen molar-refractivity contribution >= 4 is 11.6 Å². The Morgan fingerprint density at radius 2 is 2.14 bits per heavy atom. The minimum Gasteiger partial charge on any atom is -0.395 e. The van der Waals surface area contributed by atoms with Gasteiger partial charge in [-0.15, -0.1) is 0 Å². The van der Waals surface area contributed by atoms with Gasteiger partial charge in [-0.2, -0.15) is 0 Å². The number of carbonyl (C=O) groups is 1. The number of nitrogens with one attached hydrogen (secondary N) is 1. The van der Waals surface area contributed by atoms with Gasteiger partial charge in [0, 0.05) is 23.1 Å². The van der Waals surface area contributed by atoms with Crippen LogP contribution in [0.25, 0.3) is 0 Å². The van der Waals surface area contributed by atoms with Gasteiger partial charge >= 0.3 is 0 Å². The number of aliphatic hydroxyl groups is 1. The van der Waals surface area contributed by atoms with Gasteiger partial charge in [0.25, 0.3) is 0 Å². The third-order valence-corrected chi connectivity index (χ3v) is 4.31. The summed E-state index contributed by atoms with van der Waals surface area (Å²) in [7, 11) is 0. The van der Waals surface area contributed by atoms with Crippen molar-refractivity contribution in [3.05, 3.63) is 29.8 Å². The van der Waals surface area contributed by atoms with Crippen molar-refractivity contribution in [3.8, 4) is 11.8 Å². The molecule has 1 aliphatic rings. The van der Waals surface area contributed by atoms with Crippen molar-refractivity contribution in [3.63, 3.8) is 0 Å². The standard InChI is InChI=1S/C18H23NO2/c1-2-18(11-4-5-12-18)17(21)19-16-10-7-9-15(14-16)8-3-6-13-20/h7,9-10,14,20H,2,4-6,11-13H2,1H3,(H,19,21). The van der Waals surface area contributed by atoms with Gasteiger partial charge < -0.3 is 10.4 Å². The Balaban J connectivity index is 2.07. The van der Waals surface area contributed by atoms with Crippen LogP contribution in [0.5, 0.6) is 0 Å². The summed E-state index contributed by atoms with van der Waals surface area (Å²) in [6.07, 6.45) is 5.64. The van der Waals surface area contributed by atoms with E-state index in [0.717, 1.165) is 43.4 Å². The van der Waals surface area contributed by atoms with Crippen molar-refractivity contribution in [2.45, 2.75) is 45.4 Å². The third kappa shape index (κ3) is 3.86. The van der Waals surface area contributed by atoms with Crippen LogP contribution < -0.4 is 5.32 Å². The quantitative estimate of drug-likeness (QED) is 0.834. The minimum absolute atomic E-state index is 0.0719. The molecule has 1 aliphatic carbocycles. The molecule has 3 nitrogen and oxygen atoms in total. The number of amides is 1. The van der Waals surface area contributed by atoms with E-state index in [0.29, 0.717) is 6.42 Å². The lowest BCUT2D eigenvalue weighted by atomic mass is 9.82. The van der Waals surface area contributed by atoms with Gasteiger partial charge in [-0.3, -0.25) is 4.79 Å². The molecular formula is C18H23NO2. The summed E-state index contributed by atoms with van der Waals surface area (Å²) < 4.78 is 0. The first-order valence-electron chi connectivity index (χ1n) is 7.71. The Morgan fingerprint density at radius 3 is 2.81 bits per heavy atom. The maximum absolute atomic E-state index is 12.6. The molecule has 0 radical (unpaired) electrons. The summed E-state index contributed by atoms with van der Waals surface area (Å²) >= 11 is 0. The van der Waals surface area contributed by atoms with Crippen LogP contribution in [0.1, 0.15) is 51.0 Å². The summed E-state index contributed by atoms with van der Waals surface area (Å²) in [5, 5.41) is 11.8. The lowest BCUT2D eigenvalue weighted by Gasteiger charge is -2.26. The maximum Gasteiger partial charge on any atom is 0.230 e. The predicted molar refractivity (Wildman–Crippen MR) is 84.8 cm³/mol. The fourth-order valence-corrected chi connectivity index (χ4v) is 2.95. The molecule has 0 unspecified atom stereocenters. The molecule has 0 heterocycles. The van der Waals surface area contributed by atoms with E-state index in [4.69, 9.17) is 5.11 Å². The molecule has 112 valence electrons. The molecule has 0 spiro atoms. The van der Waals surface area contributed by atoms with Gasteiger partial charge in [0.1, 0.15) is 0 Å². The molecule has 1 fully saturated rings. The molecule has 3 heteroatoms. The Morgan fingerprint density at radius 1 is 1.38 bits per heavy atom. The Bertz CT molecular complexity index is 548. The zero-order valence-electron chi connectivity index (χ0n) is 12.6. The summed E-state index contributed by atoms with van der Waals surface area (Å²) in [5.41, 5.74) is 1.48. The van der Waals surface area contributed by atoms with Gasteiger partial charge in [-0.1, -0.05) is 37.7 Å². The first kappa shape index (κ1) is 15.6. The number of hydrogen-bond acceptors (Lipinski definition) is 2. The number of hydrogen-bond donors (Lipinski definition) is 2. The zero-order chi connectivity index (χ0) is 15.1. The number of anilines is 1. The molecule has 2 rings (SSSR count). The van der Waals surface area contributed by atoms with E-state index in [-0.39, 0.29) is 17.9 Å². The minimum atomic E-state index is -0.182. The smallest absolute Gasteiger partial charge is 0.230 e. The predicted octanol–water partition coefficient (Wildman–Crippen LogP) is 3.33. The van der Waals surface area contributed by atoms with Gasteiger partial charge in [-0.05, 0) is 37.5 Å². The fraction of sp³-hybridized carbons (Fsp3) is 0.500. The fourth-order valence-electron chi connectivity index (χ4n) is 2.95. The van der Waals surface area contributed by atoms with Gasteiger partial charge in [-0.25, -0.2) is 0 Å². The first-order valence-corrected chi connectivity index (χ1v) is 7.71.